The van der Waals surface area contributed by atoms with E-state index >= 15 is 0 Å². The average molecular weight is 220 g/mol. The number of aromatic nitrogens is 2. The van der Waals surface area contributed by atoms with E-state index in [1.54, 1.807) is 6.33 Å². The molecule has 16 heavy (non-hydrogen) atoms. The molecule has 1 aliphatic carbocycles. The van der Waals surface area contributed by atoms with Gasteiger partial charge in [0, 0.05) is 18.7 Å². The Hall–Kier alpha value is -1.32. The van der Waals surface area contributed by atoms with E-state index < -0.39 is 0 Å². The SMILES string of the molecule is CCCC1CC1Nc1ncnc(NC)c1C. The maximum atomic E-state index is 4.30. The summed E-state index contributed by atoms with van der Waals surface area (Å²) in [5.41, 5.74) is 1.10. The van der Waals surface area contributed by atoms with Crippen LogP contribution >= 0.6 is 0 Å². The second kappa shape index (κ2) is 4.68. The quantitative estimate of drug-likeness (QED) is 0.800. The number of nitrogens with one attached hydrogen (secondary N) is 2. The first-order chi connectivity index (χ1) is 7.76. The molecule has 2 unspecified atom stereocenters. The Bertz CT molecular complexity index is 364. The van der Waals surface area contributed by atoms with Crippen LogP contribution in [0.5, 0.6) is 0 Å². The highest BCUT2D eigenvalue weighted by Crippen LogP contribution is 2.37. The Morgan fingerprint density at radius 3 is 2.81 bits per heavy atom. The highest BCUT2D eigenvalue weighted by atomic mass is 15.1. The summed E-state index contributed by atoms with van der Waals surface area (Å²) in [6.45, 7) is 4.29. The molecular formula is C12H20N4. The second-order valence-corrected chi connectivity index (χ2v) is 4.48. The van der Waals surface area contributed by atoms with Crippen molar-refractivity contribution < 1.29 is 0 Å². The van der Waals surface area contributed by atoms with Crippen LogP contribution in [-0.2, 0) is 0 Å². The van der Waals surface area contributed by atoms with Crippen LogP contribution in [0.2, 0.25) is 0 Å². The zero-order valence-electron chi connectivity index (χ0n) is 10.2. The van der Waals surface area contributed by atoms with E-state index in [2.05, 4.69) is 27.5 Å². The molecule has 1 aromatic rings. The summed E-state index contributed by atoms with van der Waals surface area (Å²) in [6, 6.07) is 0.623. The van der Waals surface area contributed by atoms with E-state index in [1.807, 2.05) is 14.0 Å². The van der Waals surface area contributed by atoms with Gasteiger partial charge in [0.1, 0.15) is 18.0 Å². The number of nitrogens with zero attached hydrogens (tertiary/aromatic N) is 2. The van der Waals surface area contributed by atoms with Gasteiger partial charge in [-0.1, -0.05) is 13.3 Å². The Morgan fingerprint density at radius 2 is 2.12 bits per heavy atom. The van der Waals surface area contributed by atoms with Gasteiger partial charge in [-0.15, -0.1) is 0 Å². The van der Waals surface area contributed by atoms with Crippen molar-refractivity contribution in [3.05, 3.63) is 11.9 Å². The molecule has 1 fully saturated rings. The minimum atomic E-state index is 0.623. The summed E-state index contributed by atoms with van der Waals surface area (Å²) in [5, 5.41) is 6.58. The lowest BCUT2D eigenvalue weighted by atomic mass is 10.2. The van der Waals surface area contributed by atoms with Crippen molar-refractivity contribution in [2.24, 2.45) is 5.92 Å². The summed E-state index contributed by atoms with van der Waals surface area (Å²) in [4.78, 5) is 8.48. The lowest BCUT2D eigenvalue weighted by molar-refractivity contribution is 0.692. The average Bonchev–Trinajstić information content (AvgIpc) is 3.00. The Kier molecular flexibility index (Phi) is 3.27. The summed E-state index contributed by atoms with van der Waals surface area (Å²) in [6.07, 6.45) is 5.48. The van der Waals surface area contributed by atoms with E-state index in [9.17, 15) is 0 Å². The van der Waals surface area contributed by atoms with Gasteiger partial charge < -0.3 is 10.6 Å². The topological polar surface area (TPSA) is 49.8 Å². The van der Waals surface area contributed by atoms with Gasteiger partial charge >= 0.3 is 0 Å². The molecule has 0 radical (unpaired) electrons. The molecule has 1 aromatic heterocycles. The van der Waals surface area contributed by atoms with Crippen LogP contribution in [0.3, 0.4) is 0 Å². The molecule has 0 aliphatic heterocycles. The fourth-order valence-electron chi connectivity index (χ4n) is 2.14. The van der Waals surface area contributed by atoms with Crippen molar-refractivity contribution in [2.75, 3.05) is 17.7 Å². The van der Waals surface area contributed by atoms with Crippen LogP contribution in [0.15, 0.2) is 6.33 Å². The summed E-state index contributed by atoms with van der Waals surface area (Å²) in [5.74, 6) is 2.73. The number of hydrogen-bond donors (Lipinski definition) is 2. The van der Waals surface area contributed by atoms with Gasteiger partial charge in [0.15, 0.2) is 0 Å². The molecule has 0 amide bonds. The molecule has 88 valence electrons. The third kappa shape index (κ3) is 2.26. The minimum Gasteiger partial charge on any atom is -0.373 e. The Balaban J connectivity index is 2.00. The Labute approximate surface area is 96.9 Å². The van der Waals surface area contributed by atoms with Crippen LogP contribution in [0, 0.1) is 12.8 Å². The van der Waals surface area contributed by atoms with E-state index in [4.69, 9.17) is 0 Å². The zero-order valence-corrected chi connectivity index (χ0v) is 10.2. The van der Waals surface area contributed by atoms with Crippen molar-refractivity contribution in [3.8, 4) is 0 Å². The first-order valence-electron chi connectivity index (χ1n) is 6.02. The molecular weight excluding hydrogens is 200 g/mol. The third-order valence-corrected chi connectivity index (χ3v) is 3.23. The predicted octanol–water partition coefficient (Wildman–Crippen LogP) is 2.43. The maximum absolute atomic E-state index is 4.30. The molecule has 0 bridgehead atoms. The molecule has 0 saturated heterocycles. The van der Waals surface area contributed by atoms with Gasteiger partial charge in [-0.05, 0) is 25.7 Å². The van der Waals surface area contributed by atoms with Crippen LogP contribution in [0.25, 0.3) is 0 Å². The number of hydrogen-bond acceptors (Lipinski definition) is 4. The molecule has 0 aromatic carbocycles. The minimum absolute atomic E-state index is 0.623. The molecule has 1 saturated carbocycles. The molecule has 2 N–H and O–H groups in total. The van der Waals surface area contributed by atoms with Gasteiger partial charge in [-0.25, -0.2) is 9.97 Å². The molecule has 0 spiro atoms. The third-order valence-electron chi connectivity index (χ3n) is 3.23. The van der Waals surface area contributed by atoms with Gasteiger partial charge in [0.05, 0.1) is 0 Å². The van der Waals surface area contributed by atoms with Crippen molar-refractivity contribution >= 4 is 11.6 Å². The van der Waals surface area contributed by atoms with Gasteiger partial charge in [-0.2, -0.15) is 0 Å². The van der Waals surface area contributed by atoms with Crippen molar-refractivity contribution in [3.63, 3.8) is 0 Å². The highest BCUT2D eigenvalue weighted by molar-refractivity contribution is 5.57. The van der Waals surface area contributed by atoms with E-state index in [1.165, 1.54) is 19.3 Å². The van der Waals surface area contributed by atoms with Gasteiger partial charge in [-0.3, -0.25) is 0 Å². The monoisotopic (exact) mass is 220 g/mol. The maximum Gasteiger partial charge on any atom is 0.134 e. The largest absolute Gasteiger partial charge is 0.373 e. The van der Waals surface area contributed by atoms with Crippen LogP contribution in [-0.4, -0.2) is 23.1 Å². The molecule has 4 nitrogen and oxygen atoms in total. The lowest BCUT2D eigenvalue weighted by Gasteiger charge is -2.10. The number of rotatable bonds is 5. The fourth-order valence-corrected chi connectivity index (χ4v) is 2.14. The molecule has 1 heterocycles. The van der Waals surface area contributed by atoms with Gasteiger partial charge in [0.25, 0.3) is 0 Å². The van der Waals surface area contributed by atoms with E-state index in [-0.39, 0.29) is 0 Å². The second-order valence-electron chi connectivity index (χ2n) is 4.48. The smallest absolute Gasteiger partial charge is 0.134 e. The highest BCUT2D eigenvalue weighted by Gasteiger charge is 2.36. The summed E-state index contributed by atoms with van der Waals surface area (Å²) >= 11 is 0. The molecule has 4 heteroatoms. The van der Waals surface area contributed by atoms with Crippen molar-refractivity contribution in [2.45, 2.75) is 39.2 Å². The summed E-state index contributed by atoms with van der Waals surface area (Å²) < 4.78 is 0. The fraction of sp³-hybridized carbons (Fsp3) is 0.667. The van der Waals surface area contributed by atoms with Crippen molar-refractivity contribution in [1.82, 2.24) is 9.97 Å². The standard InChI is InChI=1S/C12H20N4/c1-4-5-9-6-10(9)16-12-8(2)11(13-3)14-7-15-12/h7,9-10H,4-6H2,1-3H3,(H2,13,14,15,16). The molecule has 2 atom stereocenters. The first-order valence-corrected chi connectivity index (χ1v) is 6.02. The number of anilines is 2. The Morgan fingerprint density at radius 1 is 1.38 bits per heavy atom. The van der Waals surface area contributed by atoms with Gasteiger partial charge in [0.2, 0.25) is 0 Å². The van der Waals surface area contributed by atoms with Crippen LogP contribution < -0.4 is 10.6 Å². The molecule has 2 rings (SSSR count). The van der Waals surface area contributed by atoms with Crippen LogP contribution in [0.1, 0.15) is 31.7 Å². The first kappa shape index (κ1) is 11.2. The van der Waals surface area contributed by atoms with E-state index in [0.717, 1.165) is 23.1 Å². The van der Waals surface area contributed by atoms with Crippen LogP contribution in [0.4, 0.5) is 11.6 Å². The lowest BCUT2D eigenvalue weighted by Crippen LogP contribution is -2.09. The normalized spacial score (nSPS) is 22.9. The summed E-state index contributed by atoms with van der Waals surface area (Å²) in [7, 11) is 1.89. The van der Waals surface area contributed by atoms with Crippen molar-refractivity contribution in [1.29, 1.82) is 0 Å². The van der Waals surface area contributed by atoms with E-state index in [0.29, 0.717) is 6.04 Å². The zero-order chi connectivity index (χ0) is 11.5. The molecule has 1 aliphatic rings. The predicted molar refractivity (Wildman–Crippen MR) is 66.7 cm³/mol.